The minimum absolute atomic E-state index is 0.138. The van der Waals surface area contributed by atoms with Crippen LogP contribution in [-0.4, -0.2) is 66.1 Å². The number of allylic oxidation sites excluding steroid dienone is 1. The zero-order valence-electron chi connectivity index (χ0n) is 21.3. The molecule has 7 nitrogen and oxygen atoms in total. The number of rotatable bonds is 8. The number of nitrogens with one attached hydrogen (secondary N) is 1. The van der Waals surface area contributed by atoms with Gasteiger partial charge in [0.25, 0.3) is 0 Å². The topological polar surface area (TPSA) is 79.5 Å². The van der Waals surface area contributed by atoms with Crippen LogP contribution in [-0.2, 0) is 11.3 Å². The molecule has 1 unspecified atom stereocenters. The SMILES string of the molecule is Cc1nc(N)nc2c1C(NOCCCN1CCN(C)CC1)=CC(c1ccccc1-c1ccccc1)C2. The number of aryl methyl sites for hydroxylation is 1. The van der Waals surface area contributed by atoms with Crippen LogP contribution in [0.2, 0.25) is 0 Å². The van der Waals surface area contributed by atoms with Crippen LogP contribution in [0.1, 0.15) is 34.9 Å². The highest BCUT2D eigenvalue weighted by Crippen LogP contribution is 2.38. The second-order valence-corrected chi connectivity index (χ2v) is 9.78. The Morgan fingerprint density at radius 2 is 1.75 bits per heavy atom. The number of nitrogen functional groups attached to an aromatic ring is 1. The number of anilines is 1. The fourth-order valence-corrected chi connectivity index (χ4v) is 5.25. The minimum atomic E-state index is 0.138. The number of aromatic nitrogens is 2. The van der Waals surface area contributed by atoms with Crippen molar-refractivity contribution in [2.24, 2.45) is 0 Å². The van der Waals surface area contributed by atoms with Crippen molar-refractivity contribution in [2.75, 3.05) is 52.1 Å². The van der Waals surface area contributed by atoms with Gasteiger partial charge < -0.3 is 15.5 Å². The summed E-state index contributed by atoms with van der Waals surface area (Å²) in [6.07, 6.45) is 4.01. The predicted molar refractivity (Wildman–Crippen MR) is 145 cm³/mol. The third-order valence-corrected chi connectivity index (χ3v) is 7.18. The van der Waals surface area contributed by atoms with Crippen molar-refractivity contribution in [1.82, 2.24) is 25.2 Å². The molecule has 3 aromatic rings. The summed E-state index contributed by atoms with van der Waals surface area (Å²) in [5.74, 6) is 0.453. The normalized spacial score (nSPS) is 18.5. The van der Waals surface area contributed by atoms with E-state index in [1.165, 1.54) is 16.7 Å². The van der Waals surface area contributed by atoms with E-state index in [-0.39, 0.29) is 5.92 Å². The molecule has 3 N–H and O–H groups in total. The van der Waals surface area contributed by atoms with Gasteiger partial charge in [-0.1, -0.05) is 60.7 Å². The van der Waals surface area contributed by atoms with E-state index >= 15 is 0 Å². The molecule has 5 rings (SSSR count). The maximum atomic E-state index is 6.05. The number of benzene rings is 2. The molecule has 36 heavy (non-hydrogen) atoms. The van der Waals surface area contributed by atoms with E-state index in [0.717, 1.165) is 68.2 Å². The Kier molecular flexibility index (Phi) is 7.60. The highest BCUT2D eigenvalue weighted by molar-refractivity contribution is 5.74. The highest BCUT2D eigenvalue weighted by atomic mass is 16.6. The van der Waals surface area contributed by atoms with Gasteiger partial charge in [-0.2, -0.15) is 0 Å². The quantitative estimate of drug-likeness (QED) is 0.371. The molecule has 0 saturated carbocycles. The summed E-state index contributed by atoms with van der Waals surface area (Å²) in [7, 11) is 2.19. The number of piperazine rings is 1. The van der Waals surface area contributed by atoms with E-state index in [9.17, 15) is 0 Å². The Hall–Kier alpha value is -3.26. The zero-order chi connectivity index (χ0) is 24.9. The lowest BCUT2D eigenvalue weighted by Gasteiger charge is -2.32. The third-order valence-electron chi connectivity index (χ3n) is 7.18. The van der Waals surface area contributed by atoms with Crippen molar-refractivity contribution in [3.05, 3.63) is 83.2 Å². The van der Waals surface area contributed by atoms with Crippen LogP contribution in [0.25, 0.3) is 16.8 Å². The molecule has 1 aromatic heterocycles. The van der Waals surface area contributed by atoms with Gasteiger partial charge in [0.1, 0.15) is 0 Å². The van der Waals surface area contributed by atoms with Gasteiger partial charge in [-0.3, -0.25) is 10.3 Å². The van der Waals surface area contributed by atoms with E-state index in [2.05, 4.69) is 93.0 Å². The van der Waals surface area contributed by atoms with E-state index in [4.69, 9.17) is 10.6 Å². The van der Waals surface area contributed by atoms with Crippen LogP contribution in [0, 0.1) is 6.92 Å². The van der Waals surface area contributed by atoms with E-state index < -0.39 is 0 Å². The number of likely N-dealkylation sites (N-methyl/N-ethyl adjacent to an activating group) is 1. The van der Waals surface area contributed by atoms with Crippen LogP contribution >= 0.6 is 0 Å². The van der Waals surface area contributed by atoms with Gasteiger partial charge in [-0.05, 0) is 37.1 Å². The smallest absolute Gasteiger partial charge is 0.220 e. The second-order valence-electron chi connectivity index (χ2n) is 9.78. The van der Waals surface area contributed by atoms with Crippen LogP contribution in [0.3, 0.4) is 0 Å². The summed E-state index contributed by atoms with van der Waals surface area (Å²) in [4.78, 5) is 19.9. The number of nitrogens with zero attached hydrogens (tertiary/aromatic N) is 4. The van der Waals surface area contributed by atoms with Gasteiger partial charge in [-0.15, -0.1) is 0 Å². The zero-order valence-corrected chi connectivity index (χ0v) is 21.3. The molecule has 0 bridgehead atoms. The fourth-order valence-electron chi connectivity index (χ4n) is 5.25. The number of hydrogen-bond donors (Lipinski definition) is 2. The first-order chi connectivity index (χ1) is 17.6. The van der Waals surface area contributed by atoms with Gasteiger partial charge in [0.15, 0.2) is 0 Å². The molecule has 2 heterocycles. The molecule has 1 aliphatic carbocycles. The first-order valence-electron chi connectivity index (χ1n) is 12.9. The fraction of sp³-hybridized carbons (Fsp3) is 0.379. The van der Waals surface area contributed by atoms with E-state index in [0.29, 0.717) is 12.6 Å². The number of hydroxylamine groups is 1. The van der Waals surface area contributed by atoms with Gasteiger partial charge in [0.2, 0.25) is 5.95 Å². The molecule has 0 spiro atoms. The number of fused-ring (bicyclic) bond motifs is 1. The monoisotopic (exact) mass is 484 g/mol. The molecule has 1 atom stereocenters. The molecule has 1 saturated heterocycles. The minimum Gasteiger partial charge on any atom is -0.368 e. The summed E-state index contributed by atoms with van der Waals surface area (Å²) < 4.78 is 0. The first kappa shape index (κ1) is 24.4. The first-order valence-corrected chi connectivity index (χ1v) is 12.9. The van der Waals surface area contributed by atoms with E-state index in [1.807, 2.05) is 6.92 Å². The molecule has 188 valence electrons. The summed E-state index contributed by atoms with van der Waals surface area (Å²) in [6.45, 7) is 8.20. The Labute approximate surface area is 214 Å². The van der Waals surface area contributed by atoms with Gasteiger partial charge >= 0.3 is 0 Å². The average molecular weight is 485 g/mol. The standard InChI is InChI=1S/C29H36N6O/c1-21-28-26(32-29(30)31-21)19-23(25-12-7-6-11-24(25)22-9-4-3-5-10-22)20-27(28)33-36-18-8-13-35-16-14-34(2)15-17-35/h3-7,9-12,20,23,33H,8,13-19H2,1-2H3,(H2,30,31,32). The largest absolute Gasteiger partial charge is 0.368 e. The summed E-state index contributed by atoms with van der Waals surface area (Å²) in [5, 5.41) is 0. The lowest BCUT2D eigenvalue weighted by molar-refractivity contribution is 0.0642. The maximum absolute atomic E-state index is 6.05. The Bertz CT molecular complexity index is 1200. The Balaban J connectivity index is 1.34. The summed E-state index contributed by atoms with van der Waals surface area (Å²) in [6, 6.07) is 19.1. The lowest BCUT2D eigenvalue weighted by Crippen LogP contribution is -2.44. The van der Waals surface area contributed by atoms with Crippen molar-refractivity contribution in [3.8, 4) is 11.1 Å². The van der Waals surface area contributed by atoms with Crippen LogP contribution < -0.4 is 11.2 Å². The van der Waals surface area contributed by atoms with Gasteiger partial charge in [0.05, 0.1) is 23.7 Å². The van der Waals surface area contributed by atoms with Crippen molar-refractivity contribution in [1.29, 1.82) is 0 Å². The van der Waals surface area contributed by atoms with Crippen molar-refractivity contribution >= 4 is 11.6 Å². The van der Waals surface area contributed by atoms with Gasteiger partial charge in [-0.25, -0.2) is 9.97 Å². The predicted octanol–water partition coefficient (Wildman–Crippen LogP) is 3.87. The molecular weight excluding hydrogens is 448 g/mol. The second kappa shape index (κ2) is 11.2. The molecule has 2 aliphatic rings. The third kappa shape index (κ3) is 5.59. The van der Waals surface area contributed by atoms with Crippen molar-refractivity contribution in [3.63, 3.8) is 0 Å². The lowest BCUT2D eigenvalue weighted by atomic mass is 9.82. The molecule has 7 heteroatoms. The Morgan fingerprint density at radius 3 is 2.56 bits per heavy atom. The van der Waals surface area contributed by atoms with Crippen LogP contribution in [0.15, 0.2) is 60.7 Å². The summed E-state index contributed by atoms with van der Waals surface area (Å²) >= 11 is 0. The van der Waals surface area contributed by atoms with Crippen molar-refractivity contribution in [2.45, 2.75) is 25.7 Å². The number of hydrogen-bond acceptors (Lipinski definition) is 7. The average Bonchev–Trinajstić information content (AvgIpc) is 2.89. The number of nitrogens with two attached hydrogens (primary N) is 1. The van der Waals surface area contributed by atoms with Gasteiger partial charge in [0, 0.05) is 50.6 Å². The molecule has 1 aliphatic heterocycles. The van der Waals surface area contributed by atoms with E-state index in [1.54, 1.807) is 0 Å². The summed E-state index contributed by atoms with van der Waals surface area (Å²) in [5.41, 5.74) is 16.7. The molecule has 0 amide bonds. The molecular formula is C29H36N6O. The highest BCUT2D eigenvalue weighted by Gasteiger charge is 2.26. The molecule has 1 fully saturated rings. The molecule has 0 radical (unpaired) electrons. The Morgan fingerprint density at radius 1 is 1.00 bits per heavy atom. The maximum Gasteiger partial charge on any atom is 0.220 e. The van der Waals surface area contributed by atoms with Crippen LogP contribution in [0.5, 0.6) is 0 Å². The van der Waals surface area contributed by atoms with Crippen molar-refractivity contribution < 1.29 is 4.84 Å². The molecule has 2 aromatic carbocycles. The van der Waals surface area contributed by atoms with Crippen LogP contribution in [0.4, 0.5) is 5.95 Å².